The molecule has 2 unspecified atom stereocenters. The summed E-state index contributed by atoms with van der Waals surface area (Å²) in [6, 6.07) is 8.50. The molecule has 0 amide bonds. The molecule has 1 aromatic carbocycles. The number of hydrogen-bond donors (Lipinski definition) is 1. The molecule has 1 aliphatic rings. The lowest BCUT2D eigenvalue weighted by Gasteiger charge is -2.18. The molecular weight excluding hydrogens is 216 g/mol. The van der Waals surface area contributed by atoms with Crippen LogP contribution in [0.2, 0.25) is 0 Å². The summed E-state index contributed by atoms with van der Waals surface area (Å²) in [5.41, 5.74) is 1.36. The maximum atomic E-state index is 10.2. The number of aliphatic hydroxyl groups is 1. The monoisotopic (exact) mass is 236 g/mol. The van der Waals surface area contributed by atoms with Gasteiger partial charge in [-0.25, -0.2) is 0 Å². The lowest BCUT2D eigenvalue weighted by Crippen LogP contribution is -2.18. The number of rotatable bonds is 5. The summed E-state index contributed by atoms with van der Waals surface area (Å²) in [4.78, 5) is 1.36. The maximum absolute atomic E-state index is 10.2. The van der Waals surface area contributed by atoms with Crippen molar-refractivity contribution >= 4 is 11.8 Å². The predicted octanol–water partition coefficient (Wildman–Crippen LogP) is 3.82. The molecule has 0 spiro atoms. The highest BCUT2D eigenvalue weighted by molar-refractivity contribution is 7.99. The maximum Gasteiger partial charge on any atom is 0.0617 e. The summed E-state index contributed by atoms with van der Waals surface area (Å²) in [5.74, 6) is 1.41. The summed E-state index contributed by atoms with van der Waals surface area (Å²) in [6.45, 7) is 2.20. The van der Waals surface area contributed by atoms with Gasteiger partial charge < -0.3 is 5.11 Å². The van der Waals surface area contributed by atoms with Crippen molar-refractivity contribution in [3.05, 3.63) is 29.8 Å². The molecule has 0 radical (unpaired) electrons. The first kappa shape index (κ1) is 12.0. The molecule has 2 heteroatoms. The first-order chi connectivity index (χ1) is 7.83. The van der Waals surface area contributed by atoms with Crippen LogP contribution in [0.1, 0.15) is 44.1 Å². The molecule has 1 aromatic rings. The minimum absolute atomic E-state index is 0.150. The minimum atomic E-state index is -0.150. The second-order valence-electron chi connectivity index (χ2n) is 4.52. The fourth-order valence-corrected chi connectivity index (χ4v) is 3.63. The summed E-state index contributed by atoms with van der Waals surface area (Å²) < 4.78 is 0. The van der Waals surface area contributed by atoms with Crippen molar-refractivity contribution in [2.45, 2.75) is 49.5 Å². The van der Waals surface area contributed by atoms with Crippen molar-refractivity contribution in [1.82, 2.24) is 0 Å². The van der Waals surface area contributed by atoms with Gasteiger partial charge in [0.15, 0.2) is 0 Å². The summed E-state index contributed by atoms with van der Waals surface area (Å²) in [7, 11) is 0. The lowest BCUT2D eigenvalue weighted by molar-refractivity contribution is 0.138. The highest BCUT2D eigenvalue weighted by atomic mass is 32.2. The van der Waals surface area contributed by atoms with Crippen LogP contribution >= 0.6 is 11.8 Å². The second kappa shape index (κ2) is 5.74. The van der Waals surface area contributed by atoms with Crippen LogP contribution in [0, 0.1) is 0 Å². The standard InChI is InChI=1S/C14H20OS/c1-2-3-4-8-13(15)12-10-16-14-9-6-5-7-11(12)14/h5-7,9,12-13,15H,2-4,8,10H2,1H3. The van der Waals surface area contributed by atoms with Gasteiger partial charge >= 0.3 is 0 Å². The van der Waals surface area contributed by atoms with Gasteiger partial charge in [-0.3, -0.25) is 0 Å². The Morgan fingerprint density at radius 3 is 3.00 bits per heavy atom. The Bertz CT molecular complexity index is 337. The van der Waals surface area contributed by atoms with E-state index >= 15 is 0 Å². The summed E-state index contributed by atoms with van der Waals surface area (Å²) in [5, 5.41) is 10.2. The van der Waals surface area contributed by atoms with Crippen LogP contribution in [-0.4, -0.2) is 17.0 Å². The van der Waals surface area contributed by atoms with Gasteiger partial charge in [0, 0.05) is 16.6 Å². The number of fused-ring (bicyclic) bond motifs is 1. The molecule has 16 heavy (non-hydrogen) atoms. The minimum Gasteiger partial charge on any atom is -0.392 e. The summed E-state index contributed by atoms with van der Waals surface area (Å²) in [6.07, 6.45) is 4.41. The third kappa shape index (κ3) is 2.61. The van der Waals surface area contributed by atoms with E-state index in [0.717, 1.165) is 18.6 Å². The average Bonchev–Trinajstić information content (AvgIpc) is 2.73. The molecule has 0 aromatic heterocycles. The second-order valence-corrected chi connectivity index (χ2v) is 5.58. The molecule has 1 aliphatic heterocycles. The van der Waals surface area contributed by atoms with E-state index in [1.807, 2.05) is 11.8 Å². The number of unbranched alkanes of at least 4 members (excludes halogenated alkanes) is 2. The fourth-order valence-electron chi connectivity index (χ4n) is 2.31. The average molecular weight is 236 g/mol. The van der Waals surface area contributed by atoms with Crippen LogP contribution in [0.5, 0.6) is 0 Å². The van der Waals surface area contributed by atoms with Gasteiger partial charge in [-0.15, -0.1) is 11.8 Å². The Morgan fingerprint density at radius 2 is 2.19 bits per heavy atom. The van der Waals surface area contributed by atoms with Gasteiger partial charge in [0.25, 0.3) is 0 Å². The van der Waals surface area contributed by atoms with Gasteiger partial charge in [0.1, 0.15) is 0 Å². The van der Waals surface area contributed by atoms with E-state index in [2.05, 4.69) is 31.2 Å². The smallest absolute Gasteiger partial charge is 0.0617 e. The van der Waals surface area contributed by atoms with E-state index in [0.29, 0.717) is 5.92 Å². The van der Waals surface area contributed by atoms with E-state index in [9.17, 15) is 5.11 Å². The van der Waals surface area contributed by atoms with Crippen LogP contribution in [0.15, 0.2) is 29.2 Å². The largest absolute Gasteiger partial charge is 0.392 e. The first-order valence-electron chi connectivity index (χ1n) is 6.22. The van der Waals surface area contributed by atoms with Crippen LogP contribution < -0.4 is 0 Å². The third-order valence-corrected chi connectivity index (χ3v) is 4.51. The number of aliphatic hydroxyl groups excluding tert-OH is 1. The molecule has 2 atom stereocenters. The zero-order valence-electron chi connectivity index (χ0n) is 9.86. The Balaban J connectivity index is 1.96. The molecule has 0 aliphatic carbocycles. The highest BCUT2D eigenvalue weighted by Gasteiger charge is 2.28. The van der Waals surface area contributed by atoms with Gasteiger partial charge in [-0.2, -0.15) is 0 Å². The quantitative estimate of drug-likeness (QED) is 0.784. The van der Waals surface area contributed by atoms with E-state index in [1.54, 1.807) is 0 Å². The van der Waals surface area contributed by atoms with Crippen LogP contribution in [0.4, 0.5) is 0 Å². The first-order valence-corrected chi connectivity index (χ1v) is 7.21. The van der Waals surface area contributed by atoms with E-state index < -0.39 is 0 Å². The van der Waals surface area contributed by atoms with Crippen LogP contribution in [0.3, 0.4) is 0 Å². The van der Waals surface area contributed by atoms with Gasteiger partial charge in [-0.1, -0.05) is 44.4 Å². The number of benzene rings is 1. The van der Waals surface area contributed by atoms with Gasteiger partial charge in [0.2, 0.25) is 0 Å². The number of thioether (sulfide) groups is 1. The Hall–Kier alpha value is -0.470. The zero-order valence-corrected chi connectivity index (χ0v) is 10.7. The van der Waals surface area contributed by atoms with E-state index in [4.69, 9.17) is 0 Å². The molecule has 0 bridgehead atoms. The normalized spacial score (nSPS) is 20.8. The molecule has 1 heterocycles. The fraction of sp³-hybridized carbons (Fsp3) is 0.571. The Morgan fingerprint density at radius 1 is 1.38 bits per heavy atom. The molecular formula is C14H20OS. The Kier molecular flexibility index (Phi) is 4.30. The van der Waals surface area contributed by atoms with Gasteiger partial charge in [0.05, 0.1) is 6.10 Å². The van der Waals surface area contributed by atoms with Crippen molar-refractivity contribution in [3.8, 4) is 0 Å². The van der Waals surface area contributed by atoms with E-state index in [1.165, 1.54) is 23.3 Å². The Labute approximate surface area is 102 Å². The molecule has 1 N–H and O–H groups in total. The van der Waals surface area contributed by atoms with Crippen LogP contribution in [0.25, 0.3) is 0 Å². The van der Waals surface area contributed by atoms with Crippen molar-refractivity contribution in [2.24, 2.45) is 0 Å². The lowest BCUT2D eigenvalue weighted by atomic mass is 9.92. The SMILES string of the molecule is CCCCCC(O)C1CSc2ccccc21. The molecule has 0 saturated carbocycles. The zero-order chi connectivity index (χ0) is 11.4. The predicted molar refractivity (Wildman–Crippen MR) is 70.1 cm³/mol. The molecule has 2 rings (SSSR count). The van der Waals surface area contributed by atoms with Crippen molar-refractivity contribution < 1.29 is 5.11 Å². The summed E-state index contributed by atoms with van der Waals surface area (Å²) >= 11 is 1.88. The van der Waals surface area contributed by atoms with Crippen molar-refractivity contribution in [3.63, 3.8) is 0 Å². The number of hydrogen-bond acceptors (Lipinski definition) is 2. The molecule has 0 fully saturated rings. The van der Waals surface area contributed by atoms with E-state index in [-0.39, 0.29) is 6.10 Å². The highest BCUT2D eigenvalue weighted by Crippen LogP contribution is 2.41. The van der Waals surface area contributed by atoms with Crippen molar-refractivity contribution in [2.75, 3.05) is 5.75 Å². The molecule has 0 saturated heterocycles. The van der Waals surface area contributed by atoms with Gasteiger partial charge in [-0.05, 0) is 18.1 Å². The third-order valence-electron chi connectivity index (χ3n) is 3.30. The topological polar surface area (TPSA) is 20.2 Å². The molecule has 1 nitrogen and oxygen atoms in total. The van der Waals surface area contributed by atoms with Crippen LogP contribution in [-0.2, 0) is 0 Å². The molecule has 88 valence electrons. The van der Waals surface area contributed by atoms with Crippen molar-refractivity contribution in [1.29, 1.82) is 0 Å².